The highest BCUT2D eigenvalue weighted by atomic mass is 16.5. The van der Waals surface area contributed by atoms with E-state index in [0.29, 0.717) is 0 Å². The Morgan fingerprint density at radius 2 is 1.73 bits per heavy atom. The van der Waals surface area contributed by atoms with E-state index in [9.17, 15) is 14.7 Å². The second kappa shape index (κ2) is 7.26. The normalized spacial score (nSPS) is 11.5. The van der Waals surface area contributed by atoms with Gasteiger partial charge in [-0.25, -0.2) is 4.79 Å². The van der Waals surface area contributed by atoms with E-state index >= 15 is 0 Å². The molecular weight excluding hydrogens is 282 g/mol. The molecule has 1 amide bonds. The summed E-state index contributed by atoms with van der Waals surface area (Å²) in [6.07, 6.45) is 0. The number of carbonyl (C=O) groups is 2. The average molecular weight is 299 g/mol. The topological polar surface area (TPSA) is 75.6 Å². The van der Waals surface area contributed by atoms with Crippen LogP contribution in [0.25, 0.3) is 0 Å². The number of nitrogens with one attached hydrogen (secondary N) is 1. The summed E-state index contributed by atoms with van der Waals surface area (Å²) in [4.78, 5) is 23.6. The maximum absolute atomic E-state index is 11.8. The predicted molar refractivity (Wildman–Crippen MR) is 81.4 cm³/mol. The van der Waals surface area contributed by atoms with Crippen LogP contribution in [0.5, 0.6) is 5.75 Å². The largest absolute Gasteiger partial charge is 0.507 e. The maximum Gasteiger partial charge on any atom is 0.342 e. The lowest BCUT2D eigenvalue weighted by Crippen LogP contribution is -2.31. The van der Waals surface area contributed by atoms with Crippen LogP contribution in [0.2, 0.25) is 0 Å². The Bertz CT molecular complexity index is 655. The molecule has 0 aliphatic carbocycles. The number of ether oxygens (including phenoxy) is 1. The highest BCUT2D eigenvalue weighted by Crippen LogP contribution is 2.16. The number of benzene rings is 2. The molecule has 114 valence electrons. The molecule has 1 atom stereocenters. The number of esters is 1. The fourth-order valence-corrected chi connectivity index (χ4v) is 1.96. The van der Waals surface area contributed by atoms with Gasteiger partial charge in [-0.05, 0) is 24.6 Å². The van der Waals surface area contributed by atoms with Gasteiger partial charge in [0.1, 0.15) is 11.3 Å². The number of phenolic OH excluding ortho intramolecular Hbond substituents is 1. The summed E-state index contributed by atoms with van der Waals surface area (Å²) in [6.45, 7) is 1.45. The van der Waals surface area contributed by atoms with Crippen molar-refractivity contribution in [3.8, 4) is 5.75 Å². The van der Waals surface area contributed by atoms with E-state index in [4.69, 9.17) is 4.74 Å². The third-order valence-electron chi connectivity index (χ3n) is 3.14. The maximum atomic E-state index is 11.8. The molecule has 2 N–H and O–H groups in total. The molecule has 0 heterocycles. The van der Waals surface area contributed by atoms with Crippen LogP contribution in [0, 0.1) is 0 Å². The van der Waals surface area contributed by atoms with Crippen LogP contribution >= 0.6 is 0 Å². The molecule has 0 saturated carbocycles. The first-order chi connectivity index (χ1) is 10.6. The van der Waals surface area contributed by atoms with Crippen LogP contribution in [-0.4, -0.2) is 23.6 Å². The molecular formula is C17H17NO4. The fraction of sp³-hybridized carbons (Fsp3) is 0.176. The lowest BCUT2D eigenvalue weighted by molar-refractivity contribution is -0.124. The van der Waals surface area contributed by atoms with Gasteiger partial charge in [0.2, 0.25) is 0 Å². The van der Waals surface area contributed by atoms with Crippen molar-refractivity contribution in [2.75, 3.05) is 6.61 Å². The summed E-state index contributed by atoms with van der Waals surface area (Å²) in [7, 11) is 0. The number of hydrogen-bond donors (Lipinski definition) is 2. The van der Waals surface area contributed by atoms with Gasteiger partial charge >= 0.3 is 5.97 Å². The number of hydrogen-bond acceptors (Lipinski definition) is 4. The number of aromatic hydroxyl groups is 1. The molecule has 5 nitrogen and oxygen atoms in total. The molecule has 0 fully saturated rings. The lowest BCUT2D eigenvalue weighted by Gasteiger charge is -2.14. The third kappa shape index (κ3) is 4.09. The fourth-order valence-electron chi connectivity index (χ4n) is 1.96. The van der Waals surface area contributed by atoms with Gasteiger partial charge in [-0.3, -0.25) is 4.79 Å². The molecule has 0 bridgehead atoms. The van der Waals surface area contributed by atoms with Crippen molar-refractivity contribution in [3.05, 3.63) is 65.7 Å². The molecule has 2 rings (SSSR count). The van der Waals surface area contributed by atoms with Crippen molar-refractivity contribution in [1.29, 1.82) is 0 Å². The standard InChI is InChI=1S/C17H17NO4/c1-12(13-7-3-2-4-8-13)18-16(20)11-22-17(21)14-9-5-6-10-15(14)19/h2-10,12,19H,11H2,1H3,(H,18,20)/t12-/m1/s1. The van der Waals surface area contributed by atoms with Gasteiger partial charge in [0.05, 0.1) is 6.04 Å². The summed E-state index contributed by atoms with van der Waals surface area (Å²) in [5, 5.41) is 12.3. The Labute approximate surface area is 128 Å². The Kier molecular flexibility index (Phi) is 5.14. The minimum Gasteiger partial charge on any atom is -0.507 e. The monoisotopic (exact) mass is 299 g/mol. The van der Waals surface area contributed by atoms with Crippen LogP contribution in [0.1, 0.15) is 28.9 Å². The van der Waals surface area contributed by atoms with E-state index in [1.54, 1.807) is 12.1 Å². The number of para-hydroxylation sites is 1. The molecule has 0 aliphatic rings. The van der Waals surface area contributed by atoms with Crippen molar-refractivity contribution >= 4 is 11.9 Å². The van der Waals surface area contributed by atoms with Gasteiger partial charge in [-0.15, -0.1) is 0 Å². The van der Waals surface area contributed by atoms with Crippen LogP contribution < -0.4 is 5.32 Å². The second-order valence-corrected chi connectivity index (χ2v) is 4.79. The van der Waals surface area contributed by atoms with Crippen LogP contribution in [0.15, 0.2) is 54.6 Å². The van der Waals surface area contributed by atoms with Crippen molar-refractivity contribution in [3.63, 3.8) is 0 Å². The Balaban J connectivity index is 1.85. The van der Waals surface area contributed by atoms with E-state index in [2.05, 4.69) is 5.32 Å². The van der Waals surface area contributed by atoms with Crippen molar-refractivity contribution in [1.82, 2.24) is 5.32 Å². The molecule has 0 unspecified atom stereocenters. The number of rotatable bonds is 5. The van der Waals surface area contributed by atoms with Gasteiger partial charge < -0.3 is 15.2 Å². The molecule has 0 aliphatic heterocycles. The summed E-state index contributed by atoms with van der Waals surface area (Å²) < 4.78 is 4.90. The second-order valence-electron chi connectivity index (χ2n) is 4.79. The molecule has 2 aromatic rings. The Hall–Kier alpha value is -2.82. The minimum absolute atomic E-state index is 0.0337. The first kappa shape index (κ1) is 15.6. The van der Waals surface area contributed by atoms with Crippen molar-refractivity contribution < 1.29 is 19.4 Å². The van der Waals surface area contributed by atoms with Gasteiger partial charge in [0, 0.05) is 0 Å². The van der Waals surface area contributed by atoms with Gasteiger partial charge in [0.25, 0.3) is 5.91 Å². The Morgan fingerprint density at radius 1 is 1.09 bits per heavy atom. The SMILES string of the molecule is C[C@@H](NC(=O)COC(=O)c1ccccc1O)c1ccccc1. The van der Waals surface area contributed by atoms with Crippen LogP contribution in [-0.2, 0) is 9.53 Å². The summed E-state index contributed by atoms with van der Waals surface area (Å²) in [5.41, 5.74) is 0.995. The van der Waals surface area contributed by atoms with E-state index in [1.807, 2.05) is 37.3 Å². The highest BCUT2D eigenvalue weighted by molar-refractivity contribution is 5.93. The zero-order chi connectivity index (χ0) is 15.9. The average Bonchev–Trinajstić information content (AvgIpc) is 2.54. The summed E-state index contributed by atoms with van der Waals surface area (Å²) >= 11 is 0. The molecule has 2 aromatic carbocycles. The van der Waals surface area contributed by atoms with Crippen molar-refractivity contribution in [2.24, 2.45) is 0 Å². The van der Waals surface area contributed by atoms with Crippen LogP contribution in [0.3, 0.4) is 0 Å². The number of amides is 1. The van der Waals surface area contributed by atoms with E-state index in [1.165, 1.54) is 12.1 Å². The van der Waals surface area contributed by atoms with E-state index < -0.39 is 18.5 Å². The van der Waals surface area contributed by atoms with E-state index in [-0.39, 0.29) is 17.4 Å². The molecule has 0 saturated heterocycles. The highest BCUT2D eigenvalue weighted by Gasteiger charge is 2.15. The van der Waals surface area contributed by atoms with Crippen LogP contribution in [0.4, 0.5) is 0 Å². The smallest absolute Gasteiger partial charge is 0.342 e. The lowest BCUT2D eigenvalue weighted by atomic mass is 10.1. The molecule has 5 heteroatoms. The number of carbonyl (C=O) groups excluding carboxylic acids is 2. The molecule has 0 radical (unpaired) electrons. The first-order valence-electron chi connectivity index (χ1n) is 6.87. The Morgan fingerprint density at radius 3 is 2.41 bits per heavy atom. The van der Waals surface area contributed by atoms with Gasteiger partial charge in [-0.1, -0.05) is 42.5 Å². The quantitative estimate of drug-likeness (QED) is 0.831. The summed E-state index contributed by atoms with van der Waals surface area (Å²) in [6, 6.07) is 15.3. The van der Waals surface area contributed by atoms with Gasteiger partial charge in [-0.2, -0.15) is 0 Å². The minimum atomic E-state index is -0.736. The summed E-state index contributed by atoms with van der Waals surface area (Å²) in [5.74, 6) is -1.31. The van der Waals surface area contributed by atoms with Gasteiger partial charge in [0.15, 0.2) is 6.61 Å². The van der Waals surface area contributed by atoms with E-state index in [0.717, 1.165) is 5.56 Å². The zero-order valence-electron chi connectivity index (χ0n) is 12.2. The van der Waals surface area contributed by atoms with Crippen molar-refractivity contribution in [2.45, 2.75) is 13.0 Å². The molecule has 0 spiro atoms. The third-order valence-corrected chi connectivity index (χ3v) is 3.14. The zero-order valence-corrected chi connectivity index (χ0v) is 12.2. The predicted octanol–water partition coefficient (Wildman–Crippen LogP) is 2.43. The first-order valence-corrected chi connectivity index (χ1v) is 6.87. The molecule has 22 heavy (non-hydrogen) atoms. The number of phenols is 1. The molecule has 0 aromatic heterocycles.